The first-order valence-corrected chi connectivity index (χ1v) is 3.61. The number of rotatable bonds is 0. The Balaban J connectivity index is 2.32. The summed E-state index contributed by atoms with van der Waals surface area (Å²) < 4.78 is 0. The summed E-state index contributed by atoms with van der Waals surface area (Å²) in [6, 6.07) is 0. The van der Waals surface area contributed by atoms with Crippen LogP contribution in [0.15, 0.2) is 28.4 Å². The topological polar surface area (TPSA) is 24.4 Å². The van der Waals surface area contributed by atoms with Gasteiger partial charge in [0.2, 0.25) is 0 Å². The van der Waals surface area contributed by atoms with E-state index < -0.39 is 0 Å². The first-order chi connectivity index (χ1) is 4.97. The minimum atomic E-state index is 0.954. The lowest BCUT2D eigenvalue weighted by Crippen LogP contribution is -2.20. The Morgan fingerprint density at radius 1 is 1.50 bits per heavy atom. The number of nitrogens with one attached hydrogen (secondary N) is 1. The average Bonchev–Trinajstić information content (AvgIpc) is 2.05. The van der Waals surface area contributed by atoms with Crippen molar-refractivity contribution >= 4 is 6.34 Å². The van der Waals surface area contributed by atoms with Crippen molar-refractivity contribution in [1.82, 2.24) is 5.32 Å². The van der Waals surface area contributed by atoms with E-state index in [0.717, 1.165) is 19.4 Å². The summed E-state index contributed by atoms with van der Waals surface area (Å²) in [6.45, 7) is 0.954. The van der Waals surface area contributed by atoms with Crippen LogP contribution in [0.3, 0.4) is 0 Å². The summed E-state index contributed by atoms with van der Waals surface area (Å²) in [5.41, 5.74) is 2.62. The molecule has 0 saturated carbocycles. The quantitative estimate of drug-likeness (QED) is 0.529. The van der Waals surface area contributed by atoms with Gasteiger partial charge in [0.05, 0.1) is 6.34 Å². The van der Waals surface area contributed by atoms with Gasteiger partial charge in [-0.2, -0.15) is 0 Å². The standard InChI is InChI=1S/C8H10N2/c1-2-4-8-7(3-1)5-9-6-10-8/h1,3,6H,2,4-5H2,(H,9,10). The molecule has 0 aromatic rings. The summed E-state index contributed by atoms with van der Waals surface area (Å²) in [5, 5.41) is 3.08. The van der Waals surface area contributed by atoms with Crippen molar-refractivity contribution in [3.8, 4) is 0 Å². The van der Waals surface area contributed by atoms with E-state index in [4.69, 9.17) is 0 Å². The zero-order chi connectivity index (χ0) is 6.81. The van der Waals surface area contributed by atoms with Gasteiger partial charge in [0.15, 0.2) is 0 Å². The molecule has 0 aromatic carbocycles. The van der Waals surface area contributed by atoms with Gasteiger partial charge < -0.3 is 5.32 Å². The van der Waals surface area contributed by atoms with Crippen LogP contribution >= 0.6 is 0 Å². The molecule has 0 bridgehead atoms. The molecule has 1 N–H and O–H groups in total. The van der Waals surface area contributed by atoms with Gasteiger partial charge in [-0.1, -0.05) is 12.2 Å². The van der Waals surface area contributed by atoms with Crippen molar-refractivity contribution in [3.63, 3.8) is 0 Å². The maximum Gasteiger partial charge on any atom is 0.0885 e. The van der Waals surface area contributed by atoms with Crippen LogP contribution < -0.4 is 5.32 Å². The number of allylic oxidation sites excluding steroid dienone is 2. The van der Waals surface area contributed by atoms with E-state index in [1.807, 2.05) is 0 Å². The van der Waals surface area contributed by atoms with Gasteiger partial charge in [-0.05, 0) is 18.4 Å². The minimum Gasteiger partial charge on any atom is -0.372 e. The summed E-state index contributed by atoms with van der Waals surface area (Å²) in [5.74, 6) is 0. The molecule has 2 aliphatic rings. The summed E-state index contributed by atoms with van der Waals surface area (Å²) in [4.78, 5) is 4.24. The molecule has 1 heterocycles. The van der Waals surface area contributed by atoms with Crippen LogP contribution in [0.25, 0.3) is 0 Å². The average molecular weight is 134 g/mol. The molecule has 0 saturated heterocycles. The Kier molecular flexibility index (Phi) is 1.31. The molecule has 2 heteroatoms. The molecule has 10 heavy (non-hydrogen) atoms. The molecule has 52 valence electrons. The van der Waals surface area contributed by atoms with Crippen LogP contribution in [0.2, 0.25) is 0 Å². The largest absolute Gasteiger partial charge is 0.372 e. The Morgan fingerprint density at radius 2 is 2.50 bits per heavy atom. The van der Waals surface area contributed by atoms with E-state index in [1.54, 1.807) is 6.34 Å². The van der Waals surface area contributed by atoms with E-state index in [2.05, 4.69) is 22.5 Å². The number of hydrogen-bond donors (Lipinski definition) is 1. The molecular formula is C8H10N2. The molecule has 0 spiro atoms. The van der Waals surface area contributed by atoms with Crippen LogP contribution in [-0.4, -0.2) is 12.9 Å². The van der Waals surface area contributed by atoms with Crippen molar-refractivity contribution in [2.45, 2.75) is 12.8 Å². The predicted molar refractivity (Wildman–Crippen MR) is 41.9 cm³/mol. The molecule has 1 aliphatic carbocycles. The number of nitrogens with zero attached hydrogens (tertiary/aromatic N) is 1. The molecule has 0 amide bonds. The Labute approximate surface area is 60.3 Å². The lowest BCUT2D eigenvalue weighted by molar-refractivity contribution is 0.861. The fraction of sp³-hybridized carbons (Fsp3) is 0.375. The first-order valence-electron chi connectivity index (χ1n) is 3.61. The smallest absolute Gasteiger partial charge is 0.0885 e. The highest BCUT2D eigenvalue weighted by Gasteiger charge is 2.08. The van der Waals surface area contributed by atoms with Gasteiger partial charge in [0.1, 0.15) is 0 Å². The van der Waals surface area contributed by atoms with Gasteiger partial charge in [0.25, 0.3) is 0 Å². The maximum atomic E-state index is 4.24. The van der Waals surface area contributed by atoms with Crippen LogP contribution in [0.1, 0.15) is 12.8 Å². The predicted octanol–water partition coefficient (Wildman–Crippen LogP) is 1.22. The fourth-order valence-electron chi connectivity index (χ4n) is 1.29. The number of aliphatic imine (C=N–C) groups is 1. The third kappa shape index (κ3) is 0.856. The van der Waals surface area contributed by atoms with Crippen molar-refractivity contribution in [2.24, 2.45) is 4.99 Å². The molecule has 1 aliphatic heterocycles. The van der Waals surface area contributed by atoms with E-state index in [9.17, 15) is 0 Å². The summed E-state index contributed by atoms with van der Waals surface area (Å²) >= 11 is 0. The van der Waals surface area contributed by atoms with Crippen molar-refractivity contribution in [2.75, 3.05) is 6.54 Å². The molecule has 0 aromatic heterocycles. The molecule has 0 fully saturated rings. The van der Waals surface area contributed by atoms with Crippen molar-refractivity contribution in [3.05, 3.63) is 23.4 Å². The van der Waals surface area contributed by atoms with Crippen LogP contribution in [0, 0.1) is 0 Å². The van der Waals surface area contributed by atoms with Crippen molar-refractivity contribution in [1.29, 1.82) is 0 Å². The molecule has 0 unspecified atom stereocenters. The first kappa shape index (κ1) is 5.71. The lowest BCUT2D eigenvalue weighted by atomic mass is 10.0. The van der Waals surface area contributed by atoms with E-state index in [0.29, 0.717) is 0 Å². The molecular weight excluding hydrogens is 124 g/mol. The molecule has 0 radical (unpaired) electrons. The van der Waals surface area contributed by atoms with E-state index in [1.165, 1.54) is 11.3 Å². The van der Waals surface area contributed by atoms with Gasteiger partial charge in [0, 0.05) is 12.2 Å². The molecule has 0 atom stereocenters. The third-order valence-electron chi connectivity index (χ3n) is 1.84. The molecule has 2 rings (SSSR count). The minimum absolute atomic E-state index is 0.954. The maximum absolute atomic E-state index is 4.24. The zero-order valence-corrected chi connectivity index (χ0v) is 5.80. The van der Waals surface area contributed by atoms with E-state index in [-0.39, 0.29) is 0 Å². The van der Waals surface area contributed by atoms with Gasteiger partial charge in [-0.15, -0.1) is 0 Å². The van der Waals surface area contributed by atoms with Gasteiger partial charge >= 0.3 is 0 Å². The Bertz CT molecular complexity index is 199. The summed E-state index contributed by atoms with van der Waals surface area (Å²) in [6.07, 6.45) is 8.43. The van der Waals surface area contributed by atoms with Crippen LogP contribution in [0.4, 0.5) is 0 Å². The second-order valence-corrected chi connectivity index (χ2v) is 2.55. The summed E-state index contributed by atoms with van der Waals surface area (Å²) in [7, 11) is 0. The van der Waals surface area contributed by atoms with Gasteiger partial charge in [-0.25, -0.2) is 4.99 Å². The van der Waals surface area contributed by atoms with Crippen molar-refractivity contribution < 1.29 is 0 Å². The lowest BCUT2D eigenvalue weighted by Gasteiger charge is -2.15. The second kappa shape index (κ2) is 2.29. The number of hydrogen-bond acceptors (Lipinski definition) is 2. The Hall–Kier alpha value is -1.05. The van der Waals surface area contributed by atoms with Crippen LogP contribution in [-0.2, 0) is 0 Å². The zero-order valence-electron chi connectivity index (χ0n) is 5.80. The highest BCUT2D eigenvalue weighted by Crippen LogP contribution is 2.20. The van der Waals surface area contributed by atoms with E-state index >= 15 is 0 Å². The monoisotopic (exact) mass is 134 g/mol. The fourth-order valence-corrected chi connectivity index (χ4v) is 1.29. The van der Waals surface area contributed by atoms with Crippen LogP contribution in [0.5, 0.6) is 0 Å². The third-order valence-corrected chi connectivity index (χ3v) is 1.84. The van der Waals surface area contributed by atoms with Gasteiger partial charge in [-0.3, -0.25) is 0 Å². The highest BCUT2D eigenvalue weighted by atomic mass is 15.0. The highest BCUT2D eigenvalue weighted by molar-refractivity contribution is 5.60. The SMILES string of the molecule is C1=CC2=C(CC1)N=CNC2. The molecule has 2 nitrogen and oxygen atoms in total. The Morgan fingerprint density at radius 3 is 3.40 bits per heavy atom. The second-order valence-electron chi connectivity index (χ2n) is 2.55. The normalized spacial score (nSPS) is 22.4.